The van der Waals surface area contributed by atoms with Crippen molar-refractivity contribution in [3.8, 4) is 0 Å². The summed E-state index contributed by atoms with van der Waals surface area (Å²) in [5.74, 6) is 3.56. The van der Waals surface area contributed by atoms with Crippen LogP contribution in [0.2, 0.25) is 0 Å². The summed E-state index contributed by atoms with van der Waals surface area (Å²) in [5.41, 5.74) is 2.70. The highest BCUT2D eigenvalue weighted by molar-refractivity contribution is 6.08. The predicted octanol–water partition coefficient (Wildman–Crippen LogP) is 2.81. The Morgan fingerprint density at radius 2 is 1.75 bits per heavy atom. The van der Waals surface area contributed by atoms with Gasteiger partial charge < -0.3 is 10.7 Å². The zero-order valence-electron chi connectivity index (χ0n) is 10.7. The van der Waals surface area contributed by atoms with Crippen molar-refractivity contribution in [2.24, 2.45) is 5.84 Å². The van der Waals surface area contributed by atoms with E-state index >= 15 is 0 Å². The van der Waals surface area contributed by atoms with Crippen molar-refractivity contribution in [3.05, 3.63) is 59.2 Å². The molecule has 20 heavy (non-hydrogen) atoms. The highest BCUT2D eigenvalue weighted by Gasteiger charge is 2.15. The van der Waals surface area contributed by atoms with Crippen molar-refractivity contribution in [2.75, 3.05) is 10.7 Å². The van der Waals surface area contributed by atoms with Crippen molar-refractivity contribution in [3.63, 3.8) is 0 Å². The first-order valence-corrected chi connectivity index (χ1v) is 5.86. The van der Waals surface area contributed by atoms with E-state index in [2.05, 4.69) is 10.7 Å². The van der Waals surface area contributed by atoms with Crippen LogP contribution < -0.4 is 16.6 Å². The molecule has 0 radical (unpaired) electrons. The number of benzene rings is 2. The summed E-state index contributed by atoms with van der Waals surface area (Å²) in [4.78, 5) is 12.1. The van der Waals surface area contributed by atoms with Crippen LogP contribution in [0.1, 0.15) is 15.9 Å². The van der Waals surface area contributed by atoms with E-state index < -0.39 is 17.5 Å². The van der Waals surface area contributed by atoms with Gasteiger partial charge in [0, 0.05) is 11.3 Å². The fraction of sp³-hybridized carbons (Fsp3) is 0.0714. The second-order valence-electron chi connectivity index (χ2n) is 4.17. The molecule has 1 amide bonds. The molecule has 0 aromatic heterocycles. The molecule has 0 unspecified atom stereocenters. The van der Waals surface area contributed by atoms with Gasteiger partial charge in [0.2, 0.25) is 0 Å². The predicted molar refractivity (Wildman–Crippen MR) is 73.3 cm³/mol. The van der Waals surface area contributed by atoms with E-state index in [1.165, 1.54) is 30.3 Å². The zero-order valence-corrected chi connectivity index (χ0v) is 10.7. The molecule has 0 heterocycles. The minimum atomic E-state index is -0.642. The molecular weight excluding hydrogens is 264 g/mol. The first-order chi connectivity index (χ1) is 9.54. The maximum atomic E-state index is 13.5. The van der Waals surface area contributed by atoms with E-state index in [-0.39, 0.29) is 11.3 Å². The number of carbonyl (C=O) groups is 1. The Morgan fingerprint density at radius 1 is 1.10 bits per heavy atom. The van der Waals surface area contributed by atoms with Gasteiger partial charge in [0.1, 0.15) is 11.6 Å². The van der Waals surface area contributed by atoms with E-state index in [4.69, 9.17) is 5.84 Å². The first-order valence-electron chi connectivity index (χ1n) is 5.86. The number of carbonyl (C=O) groups excluding carboxylic acids is 1. The van der Waals surface area contributed by atoms with Gasteiger partial charge in [-0.25, -0.2) is 8.78 Å². The number of amides is 1. The third-order valence-electron chi connectivity index (χ3n) is 2.92. The molecule has 2 aromatic rings. The summed E-state index contributed by atoms with van der Waals surface area (Å²) < 4.78 is 26.9. The molecule has 2 aromatic carbocycles. The molecule has 0 spiro atoms. The summed E-state index contributed by atoms with van der Waals surface area (Å²) in [5, 5.41) is 2.53. The highest BCUT2D eigenvalue weighted by Crippen LogP contribution is 2.22. The van der Waals surface area contributed by atoms with Gasteiger partial charge >= 0.3 is 0 Å². The monoisotopic (exact) mass is 277 g/mol. The van der Waals surface area contributed by atoms with Gasteiger partial charge in [-0.05, 0) is 31.2 Å². The largest absolute Gasteiger partial charge is 0.322 e. The molecule has 0 aliphatic heterocycles. The number of hydrogen-bond donors (Lipinski definition) is 3. The molecule has 4 N–H and O–H groups in total. The lowest BCUT2D eigenvalue weighted by molar-refractivity contribution is 0.102. The van der Waals surface area contributed by atoms with Crippen LogP contribution in [0.3, 0.4) is 0 Å². The summed E-state index contributed by atoms with van der Waals surface area (Å²) >= 11 is 0. The Balaban J connectivity index is 2.34. The Labute approximate surface area is 114 Å². The molecule has 0 atom stereocenters. The number of hydrazine groups is 1. The number of rotatable bonds is 3. The Hall–Kier alpha value is -2.47. The number of para-hydroxylation sites is 1. The Bertz CT molecular complexity index is 659. The Morgan fingerprint density at radius 3 is 2.45 bits per heavy atom. The van der Waals surface area contributed by atoms with Crippen molar-refractivity contribution in [1.82, 2.24) is 0 Å². The molecule has 0 aliphatic rings. The van der Waals surface area contributed by atoms with E-state index in [0.717, 1.165) is 0 Å². The van der Waals surface area contributed by atoms with Crippen LogP contribution >= 0.6 is 0 Å². The van der Waals surface area contributed by atoms with Crippen LogP contribution in [0.15, 0.2) is 36.4 Å². The third kappa shape index (κ3) is 2.60. The molecule has 0 fully saturated rings. The second-order valence-corrected chi connectivity index (χ2v) is 4.17. The third-order valence-corrected chi connectivity index (χ3v) is 2.92. The molecule has 0 saturated carbocycles. The summed E-state index contributed by atoms with van der Waals surface area (Å²) in [6, 6.07) is 8.32. The molecule has 0 saturated heterocycles. The van der Waals surface area contributed by atoms with E-state index in [0.29, 0.717) is 11.3 Å². The molecule has 0 aliphatic carbocycles. The van der Waals surface area contributed by atoms with Gasteiger partial charge in [-0.15, -0.1) is 0 Å². The van der Waals surface area contributed by atoms with Crippen LogP contribution in [0.25, 0.3) is 0 Å². The summed E-state index contributed by atoms with van der Waals surface area (Å²) in [7, 11) is 0. The quantitative estimate of drug-likeness (QED) is 0.597. The lowest BCUT2D eigenvalue weighted by atomic mass is 10.1. The van der Waals surface area contributed by atoms with Gasteiger partial charge in [0.25, 0.3) is 5.91 Å². The number of nitrogens with two attached hydrogens (primary N) is 1. The summed E-state index contributed by atoms with van der Waals surface area (Å²) in [6.07, 6.45) is 0. The molecule has 2 rings (SSSR count). The standard InChI is InChI=1S/C14H13F2N3O/c1-8-10(15)5-3-7-12(8)18-14(20)9-4-2-6-11(16)13(9)19-17/h2-7,19H,17H2,1H3,(H,18,20). The van der Waals surface area contributed by atoms with E-state index in [1.54, 1.807) is 13.0 Å². The van der Waals surface area contributed by atoms with Gasteiger partial charge in [0.15, 0.2) is 0 Å². The number of nitrogen functional groups attached to an aromatic ring is 1. The van der Waals surface area contributed by atoms with Crippen molar-refractivity contribution < 1.29 is 13.6 Å². The number of anilines is 2. The zero-order chi connectivity index (χ0) is 14.7. The van der Waals surface area contributed by atoms with Crippen LogP contribution in [-0.4, -0.2) is 5.91 Å². The molecule has 0 bridgehead atoms. The van der Waals surface area contributed by atoms with Crippen LogP contribution in [0.4, 0.5) is 20.2 Å². The minimum Gasteiger partial charge on any atom is -0.322 e. The second kappa shape index (κ2) is 5.66. The normalized spacial score (nSPS) is 10.2. The van der Waals surface area contributed by atoms with Crippen molar-refractivity contribution >= 4 is 17.3 Å². The first kappa shape index (κ1) is 14.0. The SMILES string of the molecule is Cc1c(F)cccc1NC(=O)c1cccc(F)c1NN. The fourth-order valence-electron chi connectivity index (χ4n) is 1.79. The fourth-order valence-corrected chi connectivity index (χ4v) is 1.79. The maximum Gasteiger partial charge on any atom is 0.257 e. The maximum absolute atomic E-state index is 13.5. The molecular formula is C14H13F2N3O. The van der Waals surface area contributed by atoms with Crippen LogP contribution in [0.5, 0.6) is 0 Å². The average Bonchev–Trinajstić information content (AvgIpc) is 2.43. The van der Waals surface area contributed by atoms with Gasteiger partial charge in [-0.2, -0.15) is 0 Å². The molecule has 6 heteroatoms. The van der Waals surface area contributed by atoms with Crippen molar-refractivity contribution in [2.45, 2.75) is 6.92 Å². The minimum absolute atomic E-state index is 0.0381. The van der Waals surface area contributed by atoms with Crippen molar-refractivity contribution in [1.29, 1.82) is 0 Å². The van der Waals surface area contributed by atoms with Crippen LogP contribution in [0, 0.1) is 18.6 Å². The van der Waals surface area contributed by atoms with E-state index in [9.17, 15) is 13.6 Å². The number of halogens is 2. The van der Waals surface area contributed by atoms with E-state index in [1.807, 2.05) is 0 Å². The molecule has 4 nitrogen and oxygen atoms in total. The number of hydrogen-bond acceptors (Lipinski definition) is 3. The lowest BCUT2D eigenvalue weighted by Gasteiger charge is -2.12. The van der Waals surface area contributed by atoms with Gasteiger partial charge in [-0.1, -0.05) is 12.1 Å². The summed E-state index contributed by atoms with van der Waals surface area (Å²) in [6.45, 7) is 1.54. The molecule has 104 valence electrons. The van der Waals surface area contributed by atoms with Crippen LogP contribution in [-0.2, 0) is 0 Å². The van der Waals surface area contributed by atoms with Gasteiger partial charge in [0.05, 0.1) is 11.3 Å². The average molecular weight is 277 g/mol. The lowest BCUT2D eigenvalue weighted by Crippen LogP contribution is -2.19. The Kier molecular flexibility index (Phi) is 3.95. The topological polar surface area (TPSA) is 67.2 Å². The highest BCUT2D eigenvalue weighted by atomic mass is 19.1. The van der Waals surface area contributed by atoms with Gasteiger partial charge in [-0.3, -0.25) is 10.6 Å². The number of nitrogens with one attached hydrogen (secondary N) is 2. The smallest absolute Gasteiger partial charge is 0.257 e.